The van der Waals surface area contributed by atoms with Gasteiger partial charge in [-0.15, -0.1) is 0 Å². The monoisotopic (exact) mass is 325 g/mol. The van der Waals surface area contributed by atoms with Gasteiger partial charge in [0, 0.05) is 20.1 Å². The van der Waals surface area contributed by atoms with Gasteiger partial charge < -0.3 is 19.4 Å². The first-order valence-corrected chi connectivity index (χ1v) is 8.00. The highest BCUT2D eigenvalue weighted by molar-refractivity contribution is 6.14. The zero-order valence-electron chi connectivity index (χ0n) is 14.6. The van der Waals surface area contributed by atoms with Crippen LogP contribution in [-0.4, -0.2) is 52.1 Å². The quantitative estimate of drug-likeness (QED) is 0.866. The van der Waals surface area contributed by atoms with E-state index in [9.17, 15) is 4.79 Å². The molecule has 0 aliphatic carbocycles. The van der Waals surface area contributed by atoms with Crippen molar-refractivity contribution in [2.24, 2.45) is 0 Å². The van der Waals surface area contributed by atoms with Crippen molar-refractivity contribution in [1.29, 1.82) is 0 Å². The number of para-hydroxylation sites is 2. The van der Waals surface area contributed by atoms with Crippen LogP contribution in [-0.2, 0) is 0 Å². The number of anilines is 3. The molecule has 0 fully saturated rings. The number of nitrogens with zero attached hydrogens (tertiary/aromatic N) is 3. The van der Waals surface area contributed by atoms with Gasteiger partial charge in [-0.05, 0) is 44.4 Å². The van der Waals surface area contributed by atoms with Crippen LogP contribution < -0.4 is 14.5 Å². The summed E-state index contributed by atoms with van der Waals surface area (Å²) < 4.78 is 5.32. The smallest absolute Gasteiger partial charge is 0.260 e. The summed E-state index contributed by atoms with van der Waals surface area (Å²) in [4.78, 5) is 19.3. The normalized spacial score (nSPS) is 13.6. The minimum absolute atomic E-state index is 0.00236. The van der Waals surface area contributed by atoms with Crippen LogP contribution in [0.15, 0.2) is 42.5 Å². The number of carbonyl (C=O) groups is 1. The Balaban J connectivity index is 2.15. The van der Waals surface area contributed by atoms with Crippen molar-refractivity contribution in [2.45, 2.75) is 0 Å². The molecular weight excluding hydrogens is 302 g/mol. The van der Waals surface area contributed by atoms with E-state index in [4.69, 9.17) is 4.74 Å². The van der Waals surface area contributed by atoms with E-state index in [1.807, 2.05) is 68.5 Å². The second-order valence-corrected chi connectivity index (χ2v) is 6.19. The molecule has 3 rings (SSSR count). The van der Waals surface area contributed by atoms with Gasteiger partial charge in [-0.3, -0.25) is 4.79 Å². The Morgan fingerprint density at radius 2 is 1.75 bits per heavy atom. The van der Waals surface area contributed by atoms with Crippen molar-refractivity contribution in [1.82, 2.24) is 4.90 Å². The van der Waals surface area contributed by atoms with Crippen molar-refractivity contribution in [2.75, 3.05) is 51.1 Å². The highest BCUT2D eigenvalue weighted by Crippen LogP contribution is 2.40. The van der Waals surface area contributed by atoms with Crippen molar-refractivity contribution >= 4 is 23.0 Å². The van der Waals surface area contributed by atoms with Crippen molar-refractivity contribution in [3.05, 3.63) is 48.0 Å². The van der Waals surface area contributed by atoms with Crippen LogP contribution in [0.2, 0.25) is 0 Å². The zero-order chi connectivity index (χ0) is 17.3. The van der Waals surface area contributed by atoms with Crippen LogP contribution in [0, 0.1) is 0 Å². The van der Waals surface area contributed by atoms with E-state index in [-0.39, 0.29) is 5.91 Å². The molecule has 1 aliphatic rings. The number of carbonyl (C=O) groups excluding carboxylic acids is 1. The molecule has 0 aromatic heterocycles. The van der Waals surface area contributed by atoms with Gasteiger partial charge in [0.05, 0.1) is 29.7 Å². The third-order valence-electron chi connectivity index (χ3n) is 4.35. The van der Waals surface area contributed by atoms with Crippen LogP contribution in [0.5, 0.6) is 5.75 Å². The Bertz CT molecular complexity index is 758. The first-order valence-electron chi connectivity index (χ1n) is 8.00. The average molecular weight is 325 g/mol. The predicted octanol–water partition coefficient (Wildman–Crippen LogP) is 2.98. The summed E-state index contributed by atoms with van der Waals surface area (Å²) in [6, 6.07) is 13.7. The van der Waals surface area contributed by atoms with Crippen LogP contribution >= 0.6 is 0 Å². The van der Waals surface area contributed by atoms with Crippen LogP contribution in [0.25, 0.3) is 0 Å². The summed E-state index contributed by atoms with van der Waals surface area (Å²) in [5.41, 5.74) is 3.50. The van der Waals surface area contributed by atoms with Gasteiger partial charge in [0.2, 0.25) is 0 Å². The van der Waals surface area contributed by atoms with Gasteiger partial charge in [0.25, 0.3) is 5.91 Å². The second kappa shape index (κ2) is 6.53. The minimum atomic E-state index is 0.00236. The number of ether oxygens (including phenoxy) is 1. The Kier molecular flexibility index (Phi) is 4.44. The summed E-state index contributed by atoms with van der Waals surface area (Å²) in [7, 11) is 7.63. The van der Waals surface area contributed by atoms with Crippen molar-refractivity contribution in [3.8, 4) is 5.75 Å². The molecule has 0 N–H and O–H groups in total. The molecular formula is C19H23N3O2. The third kappa shape index (κ3) is 2.83. The van der Waals surface area contributed by atoms with Gasteiger partial charge >= 0.3 is 0 Å². The van der Waals surface area contributed by atoms with Gasteiger partial charge in [-0.25, -0.2) is 0 Å². The summed E-state index contributed by atoms with van der Waals surface area (Å²) in [5.74, 6) is 0.691. The molecule has 5 heteroatoms. The van der Waals surface area contributed by atoms with E-state index in [1.54, 1.807) is 7.11 Å². The lowest BCUT2D eigenvalue weighted by Crippen LogP contribution is -2.36. The standard InChI is InChI=1S/C19H23N3O2/c1-20(2)11-12-22-18-8-6-5-7-17(18)21(3)16-10-9-14(24-4)13-15(16)19(22)23/h5-10,13H,11-12H2,1-4H3. The summed E-state index contributed by atoms with van der Waals surface area (Å²) in [6.45, 7) is 1.43. The van der Waals surface area contributed by atoms with Gasteiger partial charge in [-0.2, -0.15) is 0 Å². The maximum Gasteiger partial charge on any atom is 0.260 e. The number of methoxy groups -OCH3 is 1. The Labute approximate surface area is 143 Å². The second-order valence-electron chi connectivity index (χ2n) is 6.19. The minimum Gasteiger partial charge on any atom is -0.497 e. The van der Waals surface area contributed by atoms with E-state index in [0.717, 1.165) is 23.6 Å². The van der Waals surface area contributed by atoms with E-state index in [2.05, 4.69) is 9.80 Å². The molecule has 126 valence electrons. The number of likely N-dealkylation sites (N-methyl/N-ethyl adjacent to an activating group) is 1. The summed E-state index contributed by atoms with van der Waals surface area (Å²) in [6.07, 6.45) is 0. The molecule has 2 aromatic carbocycles. The molecule has 1 aliphatic heterocycles. The molecule has 0 saturated carbocycles. The first-order chi connectivity index (χ1) is 11.5. The molecule has 0 radical (unpaired) electrons. The number of hydrogen-bond donors (Lipinski definition) is 0. The largest absolute Gasteiger partial charge is 0.497 e. The SMILES string of the molecule is COc1ccc2c(c1)C(=O)N(CCN(C)C)c1ccccc1N2C. The zero-order valence-corrected chi connectivity index (χ0v) is 14.6. The van der Waals surface area contributed by atoms with Crippen molar-refractivity contribution in [3.63, 3.8) is 0 Å². The number of hydrogen-bond acceptors (Lipinski definition) is 4. The third-order valence-corrected chi connectivity index (χ3v) is 4.35. The van der Waals surface area contributed by atoms with E-state index < -0.39 is 0 Å². The van der Waals surface area contributed by atoms with E-state index in [0.29, 0.717) is 17.9 Å². The molecule has 0 unspecified atom stereocenters. The molecule has 0 bridgehead atoms. The lowest BCUT2D eigenvalue weighted by Gasteiger charge is -2.25. The van der Waals surface area contributed by atoms with Gasteiger partial charge in [0.15, 0.2) is 0 Å². The van der Waals surface area contributed by atoms with Gasteiger partial charge in [0.1, 0.15) is 5.75 Å². The fourth-order valence-corrected chi connectivity index (χ4v) is 2.99. The van der Waals surface area contributed by atoms with Crippen LogP contribution in [0.3, 0.4) is 0 Å². The fraction of sp³-hybridized carbons (Fsp3) is 0.316. The lowest BCUT2D eigenvalue weighted by atomic mass is 10.1. The number of benzene rings is 2. The average Bonchev–Trinajstić information content (AvgIpc) is 2.68. The topological polar surface area (TPSA) is 36.0 Å². The molecule has 0 saturated heterocycles. The summed E-state index contributed by atoms with van der Waals surface area (Å²) in [5, 5.41) is 0. The van der Waals surface area contributed by atoms with Crippen molar-refractivity contribution < 1.29 is 9.53 Å². The highest BCUT2D eigenvalue weighted by Gasteiger charge is 2.29. The van der Waals surface area contributed by atoms with Gasteiger partial charge in [-0.1, -0.05) is 12.1 Å². The first kappa shape index (κ1) is 16.3. The van der Waals surface area contributed by atoms with E-state index >= 15 is 0 Å². The number of rotatable bonds is 4. The predicted molar refractivity (Wildman–Crippen MR) is 97.7 cm³/mol. The van der Waals surface area contributed by atoms with E-state index in [1.165, 1.54) is 0 Å². The molecule has 2 aromatic rings. The number of amides is 1. The summed E-state index contributed by atoms with van der Waals surface area (Å²) >= 11 is 0. The molecule has 0 spiro atoms. The maximum absolute atomic E-state index is 13.3. The Hall–Kier alpha value is -2.53. The Morgan fingerprint density at radius 1 is 1.04 bits per heavy atom. The molecule has 5 nitrogen and oxygen atoms in total. The Morgan fingerprint density at radius 3 is 2.42 bits per heavy atom. The fourth-order valence-electron chi connectivity index (χ4n) is 2.99. The molecule has 0 atom stereocenters. The molecule has 1 amide bonds. The molecule has 1 heterocycles. The van der Waals surface area contributed by atoms with Crippen LogP contribution in [0.4, 0.5) is 17.1 Å². The lowest BCUT2D eigenvalue weighted by molar-refractivity contribution is 0.0986. The van der Waals surface area contributed by atoms with Crippen LogP contribution in [0.1, 0.15) is 10.4 Å². The number of fused-ring (bicyclic) bond motifs is 2. The maximum atomic E-state index is 13.3. The highest BCUT2D eigenvalue weighted by atomic mass is 16.5. The molecule has 24 heavy (non-hydrogen) atoms.